The first-order chi connectivity index (χ1) is 7.22. The van der Waals surface area contributed by atoms with Gasteiger partial charge in [-0.05, 0) is 54.5 Å². The third kappa shape index (κ3) is 5.11. The Morgan fingerprint density at radius 3 is 2.93 bits per heavy atom. The van der Waals surface area contributed by atoms with Crippen molar-refractivity contribution in [1.29, 1.82) is 0 Å². The highest BCUT2D eigenvalue weighted by Crippen LogP contribution is 2.06. The summed E-state index contributed by atoms with van der Waals surface area (Å²) in [5.74, 6) is -0.122. The van der Waals surface area contributed by atoms with Gasteiger partial charge in [-0.1, -0.05) is 0 Å². The summed E-state index contributed by atoms with van der Waals surface area (Å²) >= 11 is 2.22. The molecule has 4 heteroatoms. The third-order valence-electron chi connectivity index (χ3n) is 1.91. The Morgan fingerprint density at radius 2 is 2.33 bits per heavy atom. The van der Waals surface area contributed by atoms with E-state index in [1.165, 1.54) is 0 Å². The fraction of sp³-hybridized carbons (Fsp3) is 0.455. The fourth-order valence-electron chi connectivity index (χ4n) is 1.20. The number of aryl methyl sites for hydroxylation is 1. The number of aromatic nitrogens is 1. The lowest BCUT2D eigenvalue weighted by atomic mass is 10.2. The molecule has 3 nitrogen and oxygen atoms in total. The molecule has 0 spiro atoms. The first-order valence-corrected chi connectivity index (χ1v) is 6.06. The van der Waals surface area contributed by atoms with E-state index in [0.29, 0.717) is 13.0 Å². The molecule has 0 radical (unpaired) electrons. The van der Waals surface area contributed by atoms with Crippen molar-refractivity contribution < 1.29 is 9.53 Å². The van der Waals surface area contributed by atoms with E-state index in [9.17, 15) is 4.79 Å². The minimum atomic E-state index is -0.122. The predicted octanol–water partition coefficient (Wildman–Crippen LogP) is 2.57. The summed E-state index contributed by atoms with van der Waals surface area (Å²) < 4.78 is 5.96. The van der Waals surface area contributed by atoms with E-state index in [0.717, 1.165) is 22.1 Å². The summed E-state index contributed by atoms with van der Waals surface area (Å²) in [6.07, 6.45) is 3.93. The van der Waals surface area contributed by atoms with Crippen molar-refractivity contribution in [3.63, 3.8) is 0 Å². The van der Waals surface area contributed by atoms with E-state index >= 15 is 0 Å². The molecule has 1 aromatic heterocycles. The van der Waals surface area contributed by atoms with Gasteiger partial charge in [0.05, 0.1) is 6.61 Å². The average molecular weight is 319 g/mol. The molecule has 0 saturated heterocycles. The Hall–Kier alpha value is -0.650. The summed E-state index contributed by atoms with van der Waals surface area (Å²) in [4.78, 5) is 15.3. The number of carbonyl (C=O) groups excluding carboxylic acids is 1. The van der Waals surface area contributed by atoms with E-state index in [1.807, 2.05) is 25.3 Å². The number of rotatable bonds is 5. The van der Waals surface area contributed by atoms with Gasteiger partial charge >= 0.3 is 5.97 Å². The summed E-state index contributed by atoms with van der Waals surface area (Å²) in [6, 6.07) is 4.01. The zero-order chi connectivity index (χ0) is 11.1. The quantitative estimate of drug-likeness (QED) is 0.618. The molecule has 0 fully saturated rings. The molecule has 0 N–H and O–H groups in total. The summed E-state index contributed by atoms with van der Waals surface area (Å²) in [5.41, 5.74) is 1.03. The summed E-state index contributed by atoms with van der Waals surface area (Å²) in [7, 11) is 0. The van der Waals surface area contributed by atoms with Crippen molar-refractivity contribution in [2.75, 3.05) is 6.61 Å². The van der Waals surface area contributed by atoms with Gasteiger partial charge in [0.15, 0.2) is 0 Å². The van der Waals surface area contributed by atoms with Crippen molar-refractivity contribution in [3.8, 4) is 0 Å². The Labute approximate surface area is 103 Å². The molecule has 0 aromatic carbocycles. The average Bonchev–Trinajstić information content (AvgIpc) is 2.21. The van der Waals surface area contributed by atoms with Gasteiger partial charge in [0, 0.05) is 21.9 Å². The number of esters is 1. The smallest absolute Gasteiger partial charge is 0.305 e. The van der Waals surface area contributed by atoms with Gasteiger partial charge in [-0.2, -0.15) is 0 Å². The van der Waals surface area contributed by atoms with Crippen LogP contribution < -0.4 is 0 Å². The SMILES string of the molecule is CCOC(=O)CCCc1ccc(I)cn1. The minimum absolute atomic E-state index is 0.122. The molecule has 0 aliphatic rings. The van der Waals surface area contributed by atoms with Crippen molar-refractivity contribution in [2.24, 2.45) is 0 Å². The van der Waals surface area contributed by atoms with E-state index in [1.54, 1.807) is 0 Å². The van der Waals surface area contributed by atoms with Crippen LogP contribution in [0.5, 0.6) is 0 Å². The van der Waals surface area contributed by atoms with Crippen LogP contribution in [-0.4, -0.2) is 17.6 Å². The lowest BCUT2D eigenvalue weighted by Crippen LogP contribution is -2.04. The van der Waals surface area contributed by atoms with Crippen LogP contribution in [0.1, 0.15) is 25.5 Å². The van der Waals surface area contributed by atoms with Gasteiger partial charge < -0.3 is 4.74 Å². The van der Waals surface area contributed by atoms with Crippen LogP contribution in [-0.2, 0) is 16.0 Å². The van der Waals surface area contributed by atoms with Crippen LogP contribution in [0.25, 0.3) is 0 Å². The Kier molecular flexibility index (Phi) is 5.60. The molecular weight excluding hydrogens is 305 g/mol. The van der Waals surface area contributed by atoms with Crippen LogP contribution in [0, 0.1) is 3.57 Å². The number of ether oxygens (including phenoxy) is 1. The van der Waals surface area contributed by atoms with E-state index < -0.39 is 0 Å². The van der Waals surface area contributed by atoms with Crippen LogP contribution >= 0.6 is 22.6 Å². The summed E-state index contributed by atoms with van der Waals surface area (Å²) in [5, 5.41) is 0. The molecule has 82 valence electrons. The lowest BCUT2D eigenvalue weighted by molar-refractivity contribution is -0.143. The Bertz CT molecular complexity index is 311. The molecular formula is C11H14INO2. The molecule has 0 saturated carbocycles. The first-order valence-electron chi connectivity index (χ1n) is 4.98. The normalized spacial score (nSPS) is 10.0. The van der Waals surface area contributed by atoms with Crippen LogP contribution in [0.3, 0.4) is 0 Å². The Balaban J connectivity index is 2.26. The third-order valence-corrected chi connectivity index (χ3v) is 2.55. The van der Waals surface area contributed by atoms with Gasteiger partial charge in [0.2, 0.25) is 0 Å². The number of pyridine rings is 1. The molecule has 0 aliphatic heterocycles. The van der Waals surface area contributed by atoms with Gasteiger partial charge in [-0.25, -0.2) is 0 Å². The van der Waals surface area contributed by atoms with Gasteiger partial charge in [-0.3, -0.25) is 9.78 Å². The number of hydrogen-bond donors (Lipinski definition) is 0. The van der Waals surface area contributed by atoms with E-state index in [4.69, 9.17) is 4.74 Å². The van der Waals surface area contributed by atoms with Crippen LogP contribution in [0.15, 0.2) is 18.3 Å². The lowest BCUT2D eigenvalue weighted by Gasteiger charge is -2.01. The number of carbonyl (C=O) groups is 1. The van der Waals surface area contributed by atoms with Crippen molar-refractivity contribution >= 4 is 28.6 Å². The topological polar surface area (TPSA) is 39.2 Å². The highest BCUT2D eigenvalue weighted by Gasteiger charge is 2.02. The van der Waals surface area contributed by atoms with E-state index in [-0.39, 0.29) is 5.97 Å². The molecule has 1 rings (SSSR count). The number of halogens is 1. The van der Waals surface area contributed by atoms with Crippen LogP contribution in [0.2, 0.25) is 0 Å². The molecule has 1 aromatic rings. The maximum absolute atomic E-state index is 11.0. The molecule has 0 amide bonds. The van der Waals surface area contributed by atoms with Gasteiger partial charge in [0.25, 0.3) is 0 Å². The van der Waals surface area contributed by atoms with Crippen molar-refractivity contribution in [2.45, 2.75) is 26.2 Å². The standard InChI is InChI=1S/C11H14INO2/c1-2-15-11(14)5-3-4-10-7-6-9(12)8-13-10/h6-8H,2-5H2,1H3. The number of hydrogen-bond acceptors (Lipinski definition) is 3. The Morgan fingerprint density at radius 1 is 1.53 bits per heavy atom. The molecule has 0 aliphatic carbocycles. The molecule has 15 heavy (non-hydrogen) atoms. The molecule has 0 unspecified atom stereocenters. The van der Waals surface area contributed by atoms with Crippen molar-refractivity contribution in [3.05, 3.63) is 27.6 Å². The molecule has 1 heterocycles. The molecule has 0 atom stereocenters. The number of nitrogens with zero attached hydrogens (tertiary/aromatic N) is 1. The molecule has 0 bridgehead atoms. The first kappa shape index (κ1) is 12.4. The second-order valence-corrected chi connectivity index (χ2v) is 4.37. The van der Waals surface area contributed by atoms with Crippen molar-refractivity contribution in [1.82, 2.24) is 4.98 Å². The fourth-order valence-corrected chi connectivity index (χ4v) is 1.52. The maximum Gasteiger partial charge on any atom is 0.305 e. The summed E-state index contributed by atoms with van der Waals surface area (Å²) in [6.45, 7) is 2.28. The zero-order valence-electron chi connectivity index (χ0n) is 8.70. The maximum atomic E-state index is 11.0. The van der Waals surface area contributed by atoms with Gasteiger partial charge in [-0.15, -0.1) is 0 Å². The second kappa shape index (κ2) is 6.76. The van der Waals surface area contributed by atoms with Gasteiger partial charge in [0.1, 0.15) is 0 Å². The highest BCUT2D eigenvalue weighted by atomic mass is 127. The van der Waals surface area contributed by atoms with E-state index in [2.05, 4.69) is 27.6 Å². The predicted molar refractivity (Wildman–Crippen MR) is 66.5 cm³/mol. The largest absolute Gasteiger partial charge is 0.466 e. The highest BCUT2D eigenvalue weighted by molar-refractivity contribution is 14.1. The monoisotopic (exact) mass is 319 g/mol. The van der Waals surface area contributed by atoms with Crippen LogP contribution in [0.4, 0.5) is 0 Å². The zero-order valence-corrected chi connectivity index (χ0v) is 10.9. The minimum Gasteiger partial charge on any atom is -0.466 e. The second-order valence-electron chi connectivity index (χ2n) is 3.13.